The molecule has 0 saturated carbocycles. The number of nitrogens with one attached hydrogen (secondary N) is 2. The SMILES string of the molecule is CC(NC(=O)c1ncc[nH]1)C(N)=O. The van der Waals surface area contributed by atoms with Gasteiger partial charge in [0.2, 0.25) is 5.91 Å². The van der Waals surface area contributed by atoms with Crippen LogP contribution >= 0.6 is 0 Å². The molecule has 1 atom stereocenters. The fourth-order valence-corrected chi connectivity index (χ4v) is 0.726. The molecular weight excluding hydrogens is 172 g/mol. The van der Waals surface area contributed by atoms with E-state index in [0.717, 1.165) is 0 Å². The molecule has 2 amide bonds. The van der Waals surface area contributed by atoms with Crippen molar-refractivity contribution < 1.29 is 9.59 Å². The third-order valence-electron chi connectivity index (χ3n) is 1.49. The summed E-state index contributed by atoms with van der Waals surface area (Å²) in [5, 5.41) is 2.37. The average Bonchev–Trinajstić information content (AvgIpc) is 2.55. The molecule has 0 aliphatic heterocycles. The van der Waals surface area contributed by atoms with Gasteiger partial charge in [-0.3, -0.25) is 9.59 Å². The van der Waals surface area contributed by atoms with E-state index in [1.807, 2.05) is 0 Å². The molecule has 4 N–H and O–H groups in total. The zero-order valence-corrected chi connectivity index (χ0v) is 7.07. The van der Waals surface area contributed by atoms with Gasteiger partial charge in [0.15, 0.2) is 5.82 Å². The number of primary amides is 1. The molecule has 0 aliphatic rings. The number of carbonyl (C=O) groups excluding carboxylic acids is 2. The van der Waals surface area contributed by atoms with Crippen LogP contribution in [0, 0.1) is 0 Å². The van der Waals surface area contributed by atoms with Crippen molar-refractivity contribution in [3.63, 3.8) is 0 Å². The lowest BCUT2D eigenvalue weighted by Gasteiger charge is -2.07. The summed E-state index contributed by atoms with van der Waals surface area (Å²) in [4.78, 5) is 28.1. The van der Waals surface area contributed by atoms with Gasteiger partial charge in [0.05, 0.1) is 0 Å². The van der Waals surface area contributed by atoms with Crippen molar-refractivity contribution in [2.24, 2.45) is 5.73 Å². The van der Waals surface area contributed by atoms with Crippen molar-refractivity contribution in [2.75, 3.05) is 0 Å². The van der Waals surface area contributed by atoms with Gasteiger partial charge >= 0.3 is 0 Å². The first-order valence-electron chi connectivity index (χ1n) is 3.71. The molecule has 0 spiro atoms. The van der Waals surface area contributed by atoms with E-state index in [1.165, 1.54) is 19.3 Å². The van der Waals surface area contributed by atoms with Crippen LogP contribution in [0.1, 0.15) is 17.5 Å². The minimum atomic E-state index is -0.697. The van der Waals surface area contributed by atoms with Gasteiger partial charge in [0.1, 0.15) is 6.04 Å². The minimum absolute atomic E-state index is 0.160. The van der Waals surface area contributed by atoms with E-state index < -0.39 is 17.9 Å². The first-order valence-corrected chi connectivity index (χ1v) is 3.71. The van der Waals surface area contributed by atoms with Crippen LogP contribution in [0.4, 0.5) is 0 Å². The van der Waals surface area contributed by atoms with Crippen LogP contribution in [-0.2, 0) is 4.79 Å². The maximum atomic E-state index is 11.2. The number of imidazole rings is 1. The van der Waals surface area contributed by atoms with Crippen LogP contribution in [-0.4, -0.2) is 27.8 Å². The predicted octanol–water partition coefficient (Wildman–Crippen LogP) is -0.987. The molecule has 0 aromatic carbocycles. The number of amides is 2. The van der Waals surface area contributed by atoms with E-state index in [4.69, 9.17) is 5.73 Å². The number of hydrogen-bond acceptors (Lipinski definition) is 3. The standard InChI is InChI=1S/C7H10N4O2/c1-4(5(8)12)11-7(13)6-9-2-3-10-6/h2-4H,1H3,(H2,8,12)(H,9,10)(H,11,13). The highest BCUT2D eigenvalue weighted by Gasteiger charge is 2.14. The molecule has 0 radical (unpaired) electrons. The zero-order valence-electron chi connectivity index (χ0n) is 7.07. The van der Waals surface area contributed by atoms with Crippen LogP contribution in [0.25, 0.3) is 0 Å². The largest absolute Gasteiger partial charge is 0.368 e. The summed E-state index contributed by atoms with van der Waals surface area (Å²) in [5.74, 6) is -0.871. The Morgan fingerprint density at radius 2 is 2.38 bits per heavy atom. The van der Waals surface area contributed by atoms with Crippen molar-refractivity contribution in [3.8, 4) is 0 Å². The smallest absolute Gasteiger partial charge is 0.287 e. The number of nitrogens with two attached hydrogens (primary N) is 1. The summed E-state index contributed by atoms with van der Waals surface area (Å²) in [5.41, 5.74) is 4.95. The molecule has 0 saturated heterocycles. The van der Waals surface area contributed by atoms with Crippen molar-refractivity contribution in [3.05, 3.63) is 18.2 Å². The van der Waals surface area contributed by atoms with E-state index in [-0.39, 0.29) is 5.82 Å². The van der Waals surface area contributed by atoms with Gasteiger partial charge in [-0.1, -0.05) is 0 Å². The summed E-state index contributed by atoms with van der Waals surface area (Å²) in [6, 6.07) is -0.697. The highest BCUT2D eigenvalue weighted by Crippen LogP contribution is 1.89. The molecule has 1 heterocycles. The normalized spacial score (nSPS) is 12.1. The van der Waals surface area contributed by atoms with Crippen molar-refractivity contribution in [2.45, 2.75) is 13.0 Å². The molecule has 0 aliphatic carbocycles. The van der Waals surface area contributed by atoms with Crippen LogP contribution < -0.4 is 11.1 Å². The molecule has 0 fully saturated rings. The summed E-state index contributed by atoms with van der Waals surface area (Å²) in [6.07, 6.45) is 2.97. The van der Waals surface area contributed by atoms with Gasteiger partial charge in [-0.25, -0.2) is 4.98 Å². The Morgan fingerprint density at radius 3 is 2.85 bits per heavy atom. The lowest BCUT2D eigenvalue weighted by molar-refractivity contribution is -0.119. The average molecular weight is 182 g/mol. The summed E-state index contributed by atoms with van der Waals surface area (Å²) in [6.45, 7) is 1.50. The molecule has 1 unspecified atom stereocenters. The van der Waals surface area contributed by atoms with E-state index in [9.17, 15) is 9.59 Å². The predicted molar refractivity (Wildman–Crippen MR) is 44.7 cm³/mol. The Hall–Kier alpha value is -1.85. The number of carbonyl (C=O) groups is 2. The second-order valence-electron chi connectivity index (χ2n) is 2.54. The Bertz CT molecular complexity index is 306. The number of aromatic nitrogens is 2. The van der Waals surface area contributed by atoms with Crippen LogP contribution in [0.15, 0.2) is 12.4 Å². The number of nitrogens with zero attached hydrogens (tertiary/aromatic N) is 1. The highest BCUT2D eigenvalue weighted by molar-refractivity contribution is 5.94. The van der Waals surface area contributed by atoms with Gasteiger partial charge in [-0.2, -0.15) is 0 Å². The van der Waals surface area contributed by atoms with Gasteiger partial charge in [-0.15, -0.1) is 0 Å². The van der Waals surface area contributed by atoms with E-state index >= 15 is 0 Å². The second kappa shape index (κ2) is 3.70. The highest BCUT2D eigenvalue weighted by atomic mass is 16.2. The Kier molecular flexibility index (Phi) is 2.63. The second-order valence-corrected chi connectivity index (χ2v) is 2.54. The monoisotopic (exact) mass is 182 g/mol. The molecule has 0 bridgehead atoms. The Balaban J connectivity index is 2.56. The van der Waals surface area contributed by atoms with Crippen molar-refractivity contribution in [1.82, 2.24) is 15.3 Å². The van der Waals surface area contributed by atoms with Crippen molar-refractivity contribution >= 4 is 11.8 Å². The molecule has 1 aromatic rings. The maximum Gasteiger partial charge on any atom is 0.287 e. The van der Waals surface area contributed by atoms with Crippen LogP contribution in [0.3, 0.4) is 0 Å². The number of H-pyrrole nitrogens is 1. The van der Waals surface area contributed by atoms with Gasteiger partial charge in [0, 0.05) is 12.4 Å². The molecule has 1 aromatic heterocycles. The fraction of sp³-hybridized carbons (Fsp3) is 0.286. The lowest BCUT2D eigenvalue weighted by Crippen LogP contribution is -2.42. The third kappa shape index (κ3) is 2.29. The quantitative estimate of drug-likeness (QED) is 0.559. The maximum absolute atomic E-state index is 11.2. The van der Waals surface area contributed by atoms with Gasteiger partial charge in [0.25, 0.3) is 5.91 Å². The number of rotatable bonds is 3. The first kappa shape index (κ1) is 9.24. The van der Waals surface area contributed by atoms with Crippen LogP contribution in [0.5, 0.6) is 0 Å². The molecule has 70 valence electrons. The first-order chi connectivity index (χ1) is 6.11. The Labute approximate surface area is 74.5 Å². The zero-order chi connectivity index (χ0) is 9.84. The lowest BCUT2D eigenvalue weighted by atomic mass is 10.3. The molecule has 6 nitrogen and oxygen atoms in total. The fourth-order valence-electron chi connectivity index (χ4n) is 0.726. The van der Waals surface area contributed by atoms with E-state index in [0.29, 0.717) is 0 Å². The van der Waals surface area contributed by atoms with E-state index in [1.54, 1.807) is 0 Å². The summed E-state index contributed by atoms with van der Waals surface area (Å²) < 4.78 is 0. The topological polar surface area (TPSA) is 101 Å². The third-order valence-corrected chi connectivity index (χ3v) is 1.49. The molecular formula is C7H10N4O2. The number of aromatic amines is 1. The molecule has 6 heteroatoms. The Morgan fingerprint density at radius 1 is 1.69 bits per heavy atom. The van der Waals surface area contributed by atoms with Crippen molar-refractivity contribution in [1.29, 1.82) is 0 Å². The molecule has 13 heavy (non-hydrogen) atoms. The van der Waals surface area contributed by atoms with Gasteiger partial charge < -0.3 is 16.0 Å². The number of hydrogen-bond donors (Lipinski definition) is 3. The minimum Gasteiger partial charge on any atom is -0.368 e. The van der Waals surface area contributed by atoms with Gasteiger partial charge in [-0.05, 0) is 6.92 Å². The molecule has 1 rings (SSSR count). The summed E-state index contributed by atoms with van der Waals surface area (Å²) >= 11 is 0. The van der Waals surface area contributed by atoms with E-state index in [2.05, 4.69) is 15.3 Å². The van der Waals surface area contributed by atoms with Crippen LogP contribution in [0.2, 0.25) is 0 Å². The summed E-state index contributed by atoms with van der Waals surface area (Å²) in [7, 11) is 0.